The van der Waals surface area contributed by atoms with Crippen molar-refractivity contribution in [3.63, 3.8) is 0 Å². The van der Waals surface area contributed by atoms with E-state index in [1.54, 1.807) is 25.7 Å². The number of nitrogens with zero attached hydrogens (tertiary/aromatic N) is 4. The van der Waals surface area contributed by atoms with E-state index in [0.717, 1.165) is 11.8 Å². The monoisotopic (exact) mass is 635 g/mol. The second kappa shape index (κ2) is 14.9. The van der Waals surface area contributed by atoms with Crippen molar-refractivity contribution in [1.29, 1.82) is 0 Å². The molecule has 0 aromatic heterocycles. The topological polar surface area (TPSA) is 216 Å². The third kappa shape index (κ3) is 10.4. The third-order valence-electron chi connectivity index (χ3n) is 6.51. The number of hydrogen-bond acceptors (Lipinski definition) is 11. The number of ether oxygens (including phenoxy) is 2. The summed E-state index contributed by atoms with van der Waals surface area (Å²) in [5.41, 5.74) is 5.34. The van der Waals surface area contributed by atoms with Crippen molar-refractivity contribution in [2.75, 3.05) is 26.2 Å². The van der Waals surface area contributed by atoms with E-state index in [0.29, 0.717) is 24.9 Å². The van der Waals surface area contributed by atoms with Gasteiger partial charge in [-0.05, 0) is 51.3 Å². The highest BCUT2D eigenvalue weighted by atomic mass is 32.2. The fourth-order valence-electron chi connectivity index (χ4n) is 4.64. The number of aliphatic imine (C=N–C) groups is 1. The Labute approximate surface area is 258 Å². The number of guanidine groups is 1. The molecule has 4 N–H and O–H groups in total. The minimum absolute atomic E-state index is 0.0955. The Hall–Kier alpha value is -4.41. The van der Waals surface area contributed by atoms with E-state index in [2.05, 4.69) is 15.6 Å². The van der Waals surface area contributed by atoms with Crippen LogP contribution >= 0.6 is 11.8 Å². The van der Waals surface area contributed by atoms with Gasteiger partial charge in [-0.3, -0.25) is 34.7 Å². The highest BCUT2D eigenvalue weighted by Gasteiger charge is 2.44. The molecular formula is C27H37N7O9S. The number of benzene rings is 1. The van der Waals surface area contributed by atoms with E-state index < -0.39 is 41.2 Å². The van der Waals surface area contributed by atoms with Crippen LogP contribution in [0.5, 0.6) is 0 Å². The van der Waals surface area contributed by atoms with Gasteiger partial charge in [-0.1, -0.05) is 11.8 Å². The molecule has 0 aliphatic carbocycles. The van der Waals surface area contributed by atoms with Gasteiger partial charge in [0, 0.05) is 50.0 Å². The molecular weight excluding hydrogens is 598 g/mol. The Morgan fingerprint density at radius 3 is 2.45 bits per heavy atom. The fourth-order valence-corrected chi connectivity index (χ4v) is 5.62. The van der Waals surface area contributed by atoms with E-state index in [1.807, 2.05) is 0 Å². The summed E-state index contributed by atoms with van der Waals surface area (Å²) in [6.45, 7) is 6.88. The largest absolute Gasteiger partial charge is 0.444 e. The molecule has 2 aliphatic heterocycles. The number of nitrogens with one attached hydrogen (secondary N) is 2. The lowest BCUT2D eigenvalue weighted by molar-refractivity contribution is -0.384. The first-order valence-electron chi connectivity index (χ1n) is 13.8. The number of nitrogens with two attached hydrogens (primary N) is 1. The Bertz CT molecular complexity index is 1300. The van der Waals surface area contributed by atoms with E-state index in [9.17, 15) is 34.1 Å². The van der Waals surface area contributed by atoms with Gasteiger partial charge in [0.15, 0.2) is 11.1 Å². The summed E-state index contributed by atoms with van der Waals surface area (Å²) in [4.78, 5) is 79.3. The summed E-state index contributed by atoms with van der Waals surface area (Å²) >= 11 is 1.09. The number of hydrogen-bond donors (Lipinski definition) is 3. The molecule has 0 unspecified atom stereocenters. The highest BCUT2D eigenvalue weighted by Crippen LogP contribution is 2.31. The van der Waals surface area contributed by atoms with Crippen LogP contribution in [0.3, 0.4) is 0 Å². The first-order valence-corrected chi connectivity index (χ1v) is 14.7. The molecule has 1 aromatic carbocycles. The van der Waals surface area contributed by atoms with Crippen molar-refractivity contribution < 1.29 is 38.4 Å². The van der Waals surface area contributed by atoms with Gasteiger partial charge in [0.25, 0.3) is 5.69 Å². The zero-order valence-corrected chi connectivity index (χ0v) is 25.8. The molecule has 240 valence electrons. The number of amides is 4. The lowest BCUT2D eigenvalue weighted by atomic mass is 10.2. The number of nitro benzene ring substituents is 1. The van der Waals surface area contributed by atoms with Gasteiger partial charge in [-0.15, -0.1) is 0 Å². The Kier molecular flexibility index (Phi) is 11.5. The van der Waals surface area contributed by atoms with Crippen LogP contribution in [-0.4, -0.2) is 98.9 Å². The predicted octanol–water partition coefficient (Wildman–Crippen LogP) is 1.51. The molecule has 2 fully saturated rings. The molecule has 2 heterocycles. The van der Waals surface area contributed by atoms with Gasteiger partial charge in [0.05, 0.1) is 4.92 Å². The number of carbonyl (C=O) groups is 5. The van der Waals surface area contributed by atoms with E-state index in [4.69, 9.17) is 15.2 Å². The Balaban J connectivity index is 1.46. The van der Waals surface area contributed by atoms with Crippen molar-refractivity contribution in [2.45, 2.75) is 70.1 Å². The molecule has 44 heavy (non-hydrogen) atoms. The van der Waals surface area contributed by atoms with Crippen LogP contribution in [0.2, 0.25) is 0 Å². The van der Waals surface area contributed by atoms with Gasteiger partial charge in [-0.25, -0.2) is 14.6 Å². The minimum atomic E-state index is -0.925. The molecule has 16 nitrogen and oxygen atoms in total. The average molecular weight is 636 g/mol. The normalized spacial score (nSPS) is 20.2. The maximum atomic E-state index is 13.4. The highest BCUT2D eigenvalue weighted by molar-refractivity contribution is 8.14. The van der Waals surface area contributed by atoms with Crippen LogP contribution in [0, 0.1) is 10.1 Å². The third-order valence-corrected chi connectivity index (χ3v) is 7.52. The van der Waals surface area contributed by atoms with E-state index in [1.165, 1.54) is 36.1 Å². The van der Waals surface area contributed by atoms with Crippen molar-refractivity contribution in [1.82, 2.24) is 20.4 Å². The summed E-state index contributed by atoms with van der Waals surface area (Å²) in [5, 5.41) is 15.3. The molecule has 4 amide bonds. The number of non-ortho nitro benzene ring substituents is 1. The molecule has 17 heteroatoms. The van der Waals surface area contributed by atoms with Crippen LogP contribution in [0.1, 0.15) is 46.1 Å². The molecule has 0 spiro atoms. The van der Waals surface area contributed by atoms with Crippen LogP contribution in [0.15, 0.2) is 29.3 Å². The molecule has 0 bridgehead atoms. The summed E-state index contributed by atoms with van der Waals surface area (Å²) in [7, 11) is 0. The second-order valence-electron chi connectivity index (χ2n) is 11.3. The van der Waals surface area contributed by atoms with Gasteiger partial charge in [0.1, 0.15) is 24.8 Å². The summed E-state index contributed by atoms with van der Waals surface area (Å²) in [6, 6.07) is 4.31. The molecule has 3 atom stereocenters. The lowest BCUT2D eigenvalue weighted by Gasteiger charge is -2.30. The summed E-state index contributed by atoms with van der Waals surface area (Å²) in [5.74, 6) is -1.11. The predicted molar refractivity (Wildman–Crippen MR) is 159 cm³/mol. The lowest BCUT2D eigenvalue weighted by Crippen LogP contribution is -2.49. The Morgan fingerprint density at radius 1 is 1.16 bits per heavy atom. The zero-order valence-electron chi connectivity index (χ0n) is 24.9. The number of thioether (sulfide) groups is 1. The van der Waals surface area contributed by atoms with Gasteiger partial charge < -0.3 is 25.4 Å². The maximum absolute atomic E-state index is 13.4. The fraction of sp³-hybridized carbons (Fsp3) is 0.556. The van der Waals surface area contributed by atoms with Gasteiger partial charge in [-0.2, -0.15) is 0 Å². The summed E-state index contributed by atoms with van der Waals surface area (Å²) < 4.78 is 10.5. The van der Waals surface area contributed by atoms with Crippen LogP contribution in [0.4, 0.5) is 15.3 Å². The van der Waals surface area contributed by atoms with Crippen molar-refractivity contribution in [2.24, 2.45) is 10.7 Å². The quantitative estimate of drug-likeness (QED) is 0.161. The first-order chi connectivity index (χ1) is 20.6. The maximum Gasteiger partial charge on any atom is 0.414 e. The molecule has 2 aliphatic rings. The standard InChI is InChI=1S/C27H37N7O9S/c1-16(35)44-20-11-21(33(14-20)26(39)43-27(2,3)4)23(37)32-10-9-18(13-32)30-22(36)12-29-24(28)31-25(38)42-15-17-5-7-19(8-6-17)34(40)41/h5-8,18,20-21H,9-15H2,1-4H3,(H,30,36)(H3,28,29,31,38)/t18-,20-,21-/m0/s1. The van der Waals surface area contributed by atoms with Crippen molar-refractivity contribution in [3.05, 3.63) is 39.9 Å². The number of nitro groups is 1. The molecule has 3 rings (SSSR count). The van der Waals surface area contributed by atoms with E-state index >= 15 is 0 Å². The summed E-state index contributed by atoms with van der Waals surface area (Å²) in [6.07, 6.45) is -0.751. The minimum Gasteiger partial charge on any atom is -0.444 e. The van der Waals surface area contributed by atoms with Crippen LogP contribution in [0.25, 0.3) is 0 Å². The van der Waals surface area contributed by atoms with Crippen molar-refractivity contribution >= 4 is 52.5 Å². The van der Waals surface area contributed by atoms with Crippen molar-refractivity contribution in [3.8, 4) is 0 Å². The number of carbonyl (C=O) groups excluding carboxylic acids is 5. The second-order valence-corrected chi connectivity index (χ2v) is 12.8. The van der Waals surface area contributed by atoms with Gasteiger partial charge >= 0.3 is 12.2 Å². The van der Waals surface area contributed by atoms with Crippen LogP contribution < -0.4 is 16.4 Å². The smallest absolute Gasteiger partial charge is 0.414 e. The molecule has 0 saturated carbocycles. The molecule has 1 aromatic rings. The SMILES string of the molecule is CC(=O)S[C@H]1C[C@@H](C(=O)N2CC[C@H](NC(=O)CN=C(N)NC(=O)OCc3ccc([N+](=O)[O-])cc3)C2)N(C(=O)OC(C)(C)C)C1. The molecule has 2 saturated heterocycles. The average Bonchev–Trinajstić information content (AvgIpc) is 3.56. The first kappa shape index (κ1) is 34.1. The number of alkyl carbamates (subject to hydrolysis) is 1. The molecule has 0 radical (unpaired) electrons. The van der Waals surface area contributed by atoms with E-state index in [-0.39, 0.29) is 53.7 Å². The Morgan fingerprint density at radius 2 is 1.84 bits per heavy atom. The van der Waals surface area contributed by atoms with Gasteiger partial charge in [0.2, 0.25) is 11.8 Å². The number of likely N-dealkylation sites (tertiary alicyclic amines) is 2. The zero-order chi connectivity index (χ0) is 32.6. The number of rotatable bonds is 8. The van der Waals surface area contributed by atoms with Crippen LogP contribution in [-0.2, 0) is 30.5 Å².